The van der Waals surface area contributed by atoms with Crippen molar-refractivity contribution in [2.24, 2.45) is 5.73 Å². The summed E-state index contributed by atoms with van der Waals surface area (Å²) in [5, 5.41) is 19.1. The minimum Gasteiger partial charge on any atom is -0.514 e. The van der Waals surface area contributed by atoms with E-state index in [0.717, 1.165) is 0 Å². The molecule has 0 fully saturated rings. The molecular formula is C3H9N2O2P. The minimum atomic E-state index is -1.14. The van der Waals surface area contributed by atoms with Gasteiger partial charge >= 0.3 is 0 Å². The molecule has 0 aliphatic rings. The molecule has 5 heteroatoms. The molecule has 0 radical (unpaired) electrons. The van der Waals surface area contributed by atoms with Gasteiger partial charge in [0.05, 0.1) is 5.70 Å². The van der Waals surface area contributed by atoms with Crippen molar-refractivity contribution >= 4 is 9.39 Å². The summed E-state index contributed by atoms with van der Waals surface area (Å²) in [6.07, 6.45) is -0.435. The monoisotopic (exact) mass is 136 g/mol. The van der Waals surface area contributed by atoms with Crippen molar-refractivity contribution in [2.75, 3.05) is 0 Å². The van der Waals surface area contributed by atoms with Crippen molar-refractivity contribution < 1.29 is 10.2 Å². The molecule has 2 atom stereocenters. The van der Waals surface area contributed by atoms with Crippen molar-refractivity contribution in [1.82, 2.24) is 5.09 Å². The maximum Gasteiger partial charge on any atom is 0.146 e. The largest absolute Gasteiger partial charge is 0.514 e. The maximum atomic E-state index is 8.49. The summed E-state index contributed by atoms with van der Waals surface area (Å²) >= 11 is 0. The lowest BCUT2D eigenvalue weighted by Crippen LogP contribution is -2.26. The Morgan fingerprint density at radius 1 is 1.88 bits per heavy atom. The van der Waals surface area contributed by atoms with Crippen LogP contribution < -0.4 is 10.8 Å². The molecule has 0 amide bonds. The highest BCUT2D eigenvalue weighted by atomic mass is 31.0. The first-order valence-corrected chi connectivity index (χ1v) is 2.54. The number of nitrogens with two attached hydrogens (primary N) is 1. The first-order chi connectivity index (χ1) is 3.72. The Labute approximate surface area is 49.6 Å². The number of nitrogens with one attached hydrogen (secondary N) is 1. The summed E-state index contributed by atoms with van der Waals surface area (Å²) in [6.45, 7) is 0. The maximum absolute atomic E-state index is 8.49. The first kappa shape index (κ1) is 7.69. The van der Waals surface area contributed by atoms with Crippen LogP contribution in [0.1, 0.15) is 0 Å². The van der Waals surface area contributed by atoms with Gasteiger partial charge in [-0.2, -0.15) is 0 Å². The van der Waals surface area contributed by atoms with Gasteiger partial charge in [-0.05, 0) is 9.39 Å². The van der Waals surface area contributed by atoms with Crippen LogP contribution in [0.15, 0.2) is 12.0 Å². The van der Waals surface area contributed by atoms with Crippen molar-refractivity contribution in [3.63, 3.8) is 0 Å². The van der Waals surface area contributed by atoms with E-state index in [9.17, 15) is 0 Å². The van der Waals surface area contributed by atoms with Crippen LogP contribution in [0.25, 0.3) is 0 Å². The third-order valence-corrected chi connectivity index (χ3v) is 0.958. The van der Waals surface area contributed by atoms with Crippen LogP contribution in [0.4, 0.5) is 0 Å². The molecule has 0 bridgehead atoms. The number of hydrogen-bond acceptors (Lipinski definition) is 4. The van der Waals surface area contributed by atoms with Crippen LogP contribution in [0, 0.1) is 0 Å². The Bertz CT molecular complexity index is 93.3. The third kappa shape index (κ3) is 2.12. The summed E-state index contributed by atoms with van der Waals surface area (Å²) in [5.74, 6) is 0. The van der Waals surface area contributed by atoms with E-state index < -0.39 is 6.23 Å². The van der Waals surface area contributed by atoms with Gasteiger partial charge in [-0.1, -0.05) is 0 Å². The van der Waals surface area contributed by atoms with Crippen LogP contribution in [-0.4, -0.2) is 16.4 Å². The van der Waals surface area contributed by atoms with Crippen molar-refractivity contribution in [1.29, 1.82) is 0 Å². The Morgan fingerprint density at radius 3 is 2.38 bits per heavy atom. The van der Waals surface area contributed by atoms with Crippen LogP contribution in [-0.2, 0) is 0 Å². The molecule has 8 heavy (non-hydrogen) atoms. The topological polar surface area (TPSA) is 78.5 Å². The van der Waals surface area contributed by atoms with Gasteiger partial charge in [-0.3, -0.25) is 0 Å². The molecule has 0 saturated carbocycles. The quantitative estimate of drug-likeness (QED) is 0.224. The van der Waals surface area contributed by atoms with Gasteiger partial charge in [-0.15, -0.1) is 0 Å². The van der Waals surface area contributed by atoms with Crippen LogP contribution in [0.5, 0.6) is 0 Å². The Balaban J connectivity index is 3.72. The van der Waals surface area contributed by atoms with Crippen molar-refractivity contribution in [3.8, 4) is 0 Å². The molecule has 5 N–H and O–H groups in total. The van der Waals surface area contributed by atoms with E-state index in [2.05, 4.69) is 14.5 Å². The molecule has 0 spiro atoms. The summed E-state index contributed by atoms with van der Waals surface area (Å²) in [4.78, 5) is 0. The van der Waals surface area contributed by atoms with Crippen LogP contribution in [0.3, 0.4) is 0 Å². The number of aliphatic hydroxyl groups excluding tert-OH is 2. The second-order valence-corrected chi connectivity index (χ2v) is 1.46. The van der Waals surface area contributed by atoms with E-state index in [4.69, 9.17) is 15.9 Å². The SMILES string of the molecule is NC(O)/C(=C\O)NP. The molecule has 0 saturated heterocycles. The van der Waals surface area contributed by atoms with Gasteiger partial charge in [0.1, 0.15) is 12.5 Å². The fourth-order valence-corrected chi connectivity index (χ4v) is 0.444. The molecule has 4 nitrogen and oxygen atoms in total. The number of aliphatic hydroxyl groups is 2. The third-order valence-electron chi connectivity index (χ3n) is 0.624. The fourth-order valence-electron chi connectivity index (χ4n) is 0.199. The Kier molecular flexibility index (Phi) is 3.52. The van der Waals surface area contributed by atoms with E-state index in [1.54, 1.807) is 0 Å². The smallest absolute Gasteiger partial charge is 0.146 e. The Hall–Kier alpha value is -0.310. The Morgan fingerprint density at radius 2 is 2.38 bits per heavy atom. The minimum absolute atomic E-state index is 0.162. The first-order valence-electron chi connectivity index (χ1n) is 1.97. The van der Waals surface area contributed by atoms with Gasteiger partial charge in [0.2, 0.25) is 0 Å². The normalized spacial score (nSPS) is 15.6. The average molecular weight is 136 g/mol. The van der Waals surface area contributed by atoms with Crippen LogP contribution in [0.2, 0.25) is 0 Å². The predicted molar refractivity (Wildman–Crippen MR) is 33.8 cm³/mol. The van der Waals surface area contributed by atoms with Gasteiger partial charge in [0.15, 0.2) is 0 Å². The van der Waals surface area contributed by atoms with Gasteiger partial charge in [0, 0.05) is 0 Å². The average Bonchev–Trinajstić information content (AvgIpc) is 1.69. The predicted octanol–water partition coefficient (Wildman–Crippen LogP) is -0.957. The number of rotatable bonds is 2. The second kappa shape index (κ2) is 3.66. The molecule has 0 aromatic carbocycles. The molecule has 0 aliphatic carbocycles. The van der Waals surface area contributed by atoms with Crippen molar-refractivity contribution in [2.45, 2.75) is 6.23 Å². The molecule has 2 unspecified atom stereocenters. The summed E-state index contributed by atoms with van der Waals surface area (Å²) in [5.41, 5.74) is 5.07. The van der Waals surface area contributed by atoms with Gasteiger partial charge < -0.3 is 21.0 Å². The second-order valence-electron chi connectivity index (χ2n) is 1.17. The van der Waals surface area contributed by atoms with Gasteiger partial charge in [-0.25, -0.2) is 0 Å². The van der Waals surface area contributed by atoms with Gasteiger partial charge in [0.25, 0.3) is 0 Å². The van der Waals surface area contributed by atoms with E-state index in [1.165, 1.54) is 0 Å². The molecule has 0 aromatic heterocycles. The molecule has 0 rings (SSSR count). The lowest BCUT2D eigenvalue weighted by atomic mass is 10.5. The zero-order valence-electron chi connectivity index (χ0n) is 4.20. The van der Waals surface area contributed by atoms with Crippen LogP contribution >= 0.6 is 9.39 Å². The molecule has 48 valence electrons. The summed E-state index contributed by atoms with van der Waals surface area (Å²) in [6, 6.07) is 0. The fraction of sp³-hybridized carbons (Fsp3) is 0.333. The van der Waals surface area contributed by atoms with E-state index >= 15 is 0 Å². The van der Waals surface area contributed by atoms with E-state index in [1.807, 2.05) is 0 Å². The summed E-state index contributed by atoms with van der Waals surface area (Å²) in [7, 11) is 2.09. The van der Waals surface area contributed by atoms with E-state index in [-0.39, 0.29) is 5.70 Å². The molecular weight excluding hydrogens is 127 g/mol. The summed E-state index contributed by atoms with van der Waals surface area (Å²) < 4.78 is 0. The zero-order valence-corrected chi connectivity index (χ0v) is 5.36. The number of hydrogen-bond donors (Lipinski definition) is 4. The molecule has 0 heterocycles. The molecule has 0 aromatic rings. The molecule has 0 aliphatic heterocycles. The lowest BCUT2D eigenvalue weighted by Gasteiger charge is -2.05. The van der Waals surface area contributed by atoms with E-state index in [0.29, 0.717) is 6.26 Å². The standard InChI is InChI=1S/C3H9N2O2P/c4-3(7)2(1-6)5-8/h1,3,5-7H,4,8H2/b2-1+. The highest BCUT2D eigenvalue weighted by Crippen LogP contribution is 1.91. The highest BCUT2D eigenvalue weighted by Gasteiger charge is 1.99. The lowest BCUT2D eigenvalue weighted by molar-refractivity contribution is 0.210. The highest BCUT2D eigenvalue weighted by molar-refractivity contribution is 7.14. The van der Waals surface area contributed by atoms with Crippen molar-refractivity contribution in [3.05, 3.63) is 12.0 Å². The zero-order chi connectivity index (χ0) is 6.57.